The highest BCUT2D eigenvalue weighted by atomic mass is 35.5. The van der Waals surface area contributed by atoms with Crippen molar-refractivity contribution in [3.05, 3.63) is 33.8 Å². The van der Waals surface area contributed by atoms with Crippen LogP contribution in [0.25, 0.3) is 0 Å². The van der Waals surface area contributed by atoms with Crippen molar-refractivity contribution < 1.29 is 0 Å². The van der Waals surface area contributed by atoms with E-state index in [1.54, 1.807) is 12.3 Å². The normalized spacial score (nSPS) is 17.7. The fraction of sp³-hybridized carbons (Fsp3) is 0.500. The minimum Gasteiger partial charge on any atom is -0.341 e. The Labute approximate surface area is 181 Å². The van der Waals surface area contributed by atoms with Crippen LogP contribution >= 0.6 is 23.2 Å². The van der Waals surface area contributed by atoms with E-state index in [2.05, 4.69) is 30.3 Å². The minimum atomic E-state index is 0.440. The minimum absolute atomic E-state index is 0.440. The molecule has 2 aromatic rings. The highest BCUT2D eigenvalue weighted by Gasteiger charge is 2.20. The molecule has 0 atom stereocenters. The molecule has 0 unspecified atom stereocenters. The molecule has 0 spiro atoms. The molecule has 2 aliphatic rings. The van der Waals surface area contributed by atoms with Gasteiger partial charge in [-0.2, -0.15) is 20.1 Å². The standard InChI is InChI=1S/C20H25Cl2N7/c21-16-9-7-8-15(17(16)22)14-23-27-18-24-19(28-10-3-1-4-11-28)26-20(25-18)29-12-5-2-6-13-29/h7-9,14H,1-6,10-13H2,(H,24,25,26,27)/b23-14-. The molecular weight excluding hydrogens is 409 g/mol. The zero-order chi connectivity index (χ0) is 20.1. The van der Waals surface area contributed by atoms with Gasteiger partial charge in [0.15, 0.2) is 0 Å². The van der Waals surface area contributed by atoms with Crippen molar-refractivity contribution in [2.45, 2.75) is 38.5 Å². The Bertz CT molecular complexity index is 826. The summed E-state index contributed by atoms with van der Waals surface area (Å²) in [7, 11) is 0. The van der Waals surface area contributed by atoms with Crippen LogP contribution in [0.1, 0.15) is 44.1 Å². The number of halogens is 2. The van der Waals surface area contributed by atoms with Crippen LogP contribution in [0.4, 0.5) is 17.8 Å². The van der Waals surface area contributed by atoms with Crippen LogP contribution < -0.4 is 15.2 Å². The van der Waals surface area contributed by atoms with Crippen molar-refractivity contribution in [1.29, 1.82) is 0 Å². The van der Waals surface area contributed by atoms with Gasteiger partial charge in [-0.05, 0) is 44.6 Å². The number of piperidine rings is 2. The first-order valence-electron chi connectivity index (χ1n) is 10.2. The maximum atomic E-state index is 6.22. The number of hydrazone groups is 1. The average molecular weight is 434 g/mol. The van der Waals surface area contributed by atoms with Gasteiger partial charge in [-0.15, -0.1) is 0 Å². The third-order valence-corrected chi connectivity index (χ3v) is 6.07. The number of anilines is 3. The lowest BCUT2D eigenvalue weighted by Gasteiger charge is -2.30. The van der Waals surface area contributed by atoms with Gasteiger partial charge in [0.2, 0.25) is 17.8 Å². The first kappa shape index (κ1) is 20.2. The predicted molar refractivity (Wildman–Crippen MR) is 120 cm³/mol. The molecule has 2 saturated heterocycles. The van der Waals surface area contributed by atoms with Gasteiger partial charge < -0.3 is 9.80 Å². The number of nitrogens with one attached hydrogen (secondary N) is 1. The van der Waals surface area contributed by atoms with E-state index in [9.17, 15) is 0 Å². The molecule has 29 heavy (non-hydrogen) atoms. The van der Waals surface area contributed by atoms with E-state index in [-0.39, 0.29) is 0 Å². The highest BCUT2D eigenvalue weighted by Crippen LogP contribution is 2.25. The van der Waals surface area contributed by atoms with E-state index in [1.165, 1.54) is 38.5 Å². The van der Waals surface area contributed by atoms with Crippen molar-refractivity contribution in [1.82, 2.24) is 15.0 Å². The first-order valence-corrected chi connectivity index (χ1v) is 11.0. The van der Waals surface area contributed by atoms with E-state index in [0.717, 1.165) is 43.6 Å². The Morgan fingerprint density at radius 3 is 2.00 bits per heavy atom. The summed E-state index contributed by atoms with van der Waals surface area (Å²) in [6.07, 6.45) is 8.81. The molecule has 1 N–H and O–H groups in total. The van der Waals surface area contributed by atoms with Crippen LogP contribution in [-0.4, -0.2) is 47.3 Å². The maximum Gasteiger partial charge on any atom is 0.250 e. The van der Waals surface area contributed by atoms with Gasteiger partial charge in [0.25, 0.3) is 0 Å². The summed E-state index contributed by atoms with van der Waals surface area (Å²) in [6, 6.07) is 5.43. The Kier molecular flexibility index (Phi) is 6.67. The second-order valence-corrected chi connectivity index (χ2v) is 8.15. The van der Waals surface area contributed by atoms with Crippen molar-refractivity contribution >= 4 is 47.3 Å². The van der Waals surface area contributed by atoms with Crippen LogP contribution in [0.3, 0.4) is 0 Å². The summed E-state index contributed by atoms with van der Waals surface area (Å²) < 4.78 is 0. The molecule has 1 aromatic carbocycles. The van der Waals surface area contributed by atoms with Gasteiger partial charge in [0.1, 0.15) is 0 Å². The summed E-state index contributed by atoms with van der Waals surface area (Å²) in [5.41, 5.74) is 3.68. The Morgan fingerprint density at radius 2 is 1.41 bits per heavy atom. The van der Waals surface area contributed by atoms with Crippen molar-refractivity contribution in [2.24, 2.45) is 5.10 Å². The SMILES string of the molecule is Clc1cccc(/C=N\Nc2nc(N3CCCCC3)nc(N3CCCCC3)n2)c1Cl. The fourth-order valence-electron chi connectivity index (χ4n) is 3.65. The predicted octanol–water partition coefficient (Wildman–Crippen LogP) is 4.61. The van der Waals surface area contributed by atoms with E-state index in [1.807, 2.05) is 12.1 Å². The maximum absolute atomic E-state index is 6.22. The lowest BCUT2D eigenvalue weighted by atomic mass is 10.1. The van der Waals surface area contributed by atoms with Crippen molar-refractivity contribution in [2.75, 3.05) is 41.4 Å². The summed E-state index contributed by atoms with van der Waals surface area (Å²) in [4.78, 5) is 18.5. The molecule has 0 amide bonds. The molecule has 0 bridgehead atoms. The largest absolute Gasteiger partial charge is 0.341 e. The number of hydrogen-bond donors (Lipinski definition) is 1. The average Bonchev–Trinajstić information content (AvgIpc) is 2.78. The quantitative estimate of drug-likeness (QED) is 0.548. The Balaban J connectivity index is 1.57. The van der Waals surface area contributed by atoms with Crippen molar-refractivity contribution in [3.8, 4) is 0 Å². The van der Waals surface area contributed by atoms with Crippen LogP contribution in [0.5, 0.6) is 0 Å². The monoisotopic (exact) mass is 433 g/mol. The molecule has 9 heteroatoms. The van der Waals surface area contributed by atoms with Gasteiger partial charge in [-0.3, -0.25) is 0 Å². The second-order valence-electron chi connectivity index (χ2n) is 7.37. The zero-order valence-electron chi connectivity index (χ0n) is 16.3. The second kappa shape index (κ2) is 9.59. The van der Waals surface area contributed by atoms with Crippen LogP contribution in [0.15, 0.2) is 23.3 Å². The topological polar surface area (TPSA) is 69.5 Å². The number of nitrogens with zero attached hydrogens (tertiary/aromatic N) is 6. The summed E-state index contributed by atoms with van der Waals surface area (Å²) in [5, 5.41) is 5.24. The van der Waals surface area contributed by atoms with Gasteiger partial charge in [-0.25, -0.2) is 5.43 Å². The van der Waals surface area contributed by atoms with Crippen molar-refractivity contribution in [3.63, 3.8) is 0 Å². The summed E-state index contributed by atoms with van der Waals surface area (Å²) in [6.45, 7) is 3.91. The van der Waals surface area contributed by atoms with E-state index < -0.39 is 0 Å². The molecule has 0 saturated carbocycles. The molecule has 154 valence electrons. The van der Waals surface area contributed by atoms with Crippen LogP contribution in [-0.2, 0) is 0 Å². The van der Waals surface area contributed by atoms with Gasteiger partial charge in [-0.1, -0.05) is 35.3 Å². The van der Waals surface area contributed by atoms with Gasteiger partial charge in [0.05, 0.1) is 16.3 Å². The number of benzene rings is 1. The van der Waals surface area contributed by atoms with Gasteiger partial charge in [0, 0.05) is 31.7 Å². The zero-order valence-corrected chi connectivity index (χ0v) is 17.8. The molecule has 7 nitrogen and oxygen atoms in total. The summed E-state index contributed by atoms with van der Waals surface area (Å²) in [5.74, 6) is 1.88. The molecule has 0 radical (unpaired) electrons. The number of hydrogen-bond acceptors (Lipinski definition) is 7. The van der Waals surface area contributed by atoms with E-state index in [0.29, 0.717) is 16.0 Å². The molecule has 2 aliphatic heterocycles. The molecule has 4 rings (SSSR count). The molecule has 0 aliphatic carbocycles. The van der Waals surface area contributed by atoms with E-state index in [4.69, 9.17) is 28.2 Å². The Hall–Kier alpha value is -2.12. The highest BCUT2D eigenvalue weighted by molar-refractivity contribution is 6.43. The van der Waals surface area contributed by atoms with Crippen LogP contribution in [0, 0.1) is 0 Å². The lowest BCUT2D eigenvalue weighted by molar-refractivity contribution is 0.556. The van der Waals surface area contributed by atoms with Crippen LogP contribution in [0.2, 0.25) is 10.0 Å². The van der Waals surface area contributed by atoms with E-state index >= 15 is 0 Å². The van der Waals surface area contributed by atoms with Gasteiger partial charge >= 0.3 is 0 Å². The third kappa shape index (κ3) is 5.08. The molecule has 3 heterocycles. The number of aromatic nitrogens is 3. The fourth-order valence-corrected chi connectivity index (χ4v) is 4.01. The number of rotatable bonds is 5. The third-order valence-electron chi connectivity index (χ3n) is 5.24. The molecule has 1 aromatic heterocycles. The first-order chi connectivity index (χ1) is 14.2. The Morgan fingerprint density at radius 1 is 0.828 bits per heavy atom. The smallest absolute Gasteiger partial charge is 0.250 e. The molecular formula is C20H25Cl2N7. The summed E-state index contributed by atoms with van der Waals surface area (Å²) >= 11 is 12.3. The molecule has 2 fully saturated rings. The lowest BCUT2D eigenvalue weighted by Crippen LogP contribution is -2.34.